The number of ether oxygens (including phenoxy) is 2. The molecule has 2 aromatic rings. The molecule has 3 N–H and O–H groups in total. The van der Waals surface area contributed by atoms with E-state index in [1.165, 1.54) is 16.0 Å². The lowest BCUT2D eigenvalue weighted by molar-refractivity contribution is 0.0262. The van der Waals surface area contributed by atoms with E-state index < -0.39 is 23.8 Å². The highest BCUT2D eigenvalue weighted by atomic mass is 32.1. The van der Waals surface area contributed by atoms with Crippen LogP contribution in [0.5, 0.6) is 0 Å². The summed E-state index contributed by atoms with van der Waals surface area (Å²) in [5, 5.41) is 2.86. The largest absolute Gasteiger partial charge is 0.449 e. The maximum absolute atomic E-state index is 12.6. The third-order valence-corrected chi connectivity index (χ3v) is 6.20. The molecule has 0 aromatic heterocycles. The van der Waals surface area contributed by atoms with Crippen LogP contribution in [0.25, 0.3) is 11.1 Å². The standard InChI is InChI=1S/C25H29N3O4S/c1-25(2,3)32-24(30)28-13-15(12-21(28)22(26)33)27-23(29)31-14-20-18-10-6-4-8-16(18)17-9-5-7-11-19(17)20/h4-11,15,20-21H,12-14H2,1-3H3,(H2,26,33)(H,27,29)/t15-,21-/m1/s1. The Morgan fingerprint density at radius 3 is 2.21 bits per heavy atom. The van der Waals surface area contributed by atoms with Gasteiger partial charge in [0.25, 0.3) is 0 Å². The summed E-state index contributed by atoms with van der Waals surface area (Å²) in [6, 6.07) is 15.5. The van der Waals surface area contributed by atoms with Crippen molar-refractivity contribution in [1.82, 2.24) is 10.2 Å². The maximum atomic E-state index is 12.6. The van der Waals surface area contributed by atoms with E-state index in [9.17, 15) is 9.59 Å². The van der Waals surface area contributed by atoms with Crippen LogP contribution in [-0.2, 0) is 9.47 Å². The summed E-state index contributed by atoms with van der Waals surface area (Å²) in [7, 11) is 0. The van der Waals surface area contributed by atoms with E-state index in [0.717, 1.165) is 11.1 Å². The van der Waals surface area contributed by atoms with Crippen LogP contribution in [0.4, 0.5) is 9.59 Å². The average molecular weight is 468 g/mol. The van der Waals surface area contributed by atoms with Gasteiger partial charge in [0, 0.05) is 12.5 Å². The topological polar surface area (TPSA) is 93.9 Å². The lowest BCUT2D eigenvalue weighted by Gasteiger charge is -2.27. The van der Waals surface area contributed by atoms with Crippen LogP contribution in [0, 0.1) is 0 Å². The highest BCUT2D eigenvalue weighted by Crippen LogP contribution is 2.44. The number of benzene rings is 2. The predicted molar refractivity (Wildman–Crippen MR) is 130 cm³/mol. The van der Waals surface area contributed by atoms with Gasteiger partial charge in [0.1, 0.15) is 12.2 Å². The van der Waals surface area contributed by atoms with Crippen molar-refractivity contribution in [1.29, 1.82) is 0 Å². The fourth-order valence-electron chi connectivity index (χ4n) is 4.54. The van der Waals surface area contributed by atoms with E-state index in [4.69, 9.17) is 27.4 Å². The molecular formula is C25H29N3O4S. The van der Waals surface area contributed by atoms with Gasteiger partial charge in [-0.25, -0.2) is 9.59 Å². The third-order valence-electron chi connectivity index (χ3n) is 5.92. The number of carbonyl (C=O) groups is 2. The molecule has 7 nitrogen and oxygen atoms in total. The number of hydrogen-bond donors (Lipinski definition) is 2. The van der Waals surface area contributed by atoms with E-state index in [1.807, 2.05) is 24.3 Å². The zero-order valence-corrected chi connectivity index (χ0v) is 19.9. The Bertz CT molecular complexity index is 1040. The minimum atomic E-state index is -0.643. The van der Waals surface area contributed by atoms with Gasteiger partial charge in [-0.1, -0.05) is 60.7 Å². The highest BCUT2D eigenvalue weighted by molar-refractivity contribution is 7.80. The van der Waals surface area contributed by atoms with E-state index in [0.29, 0.717) is 6.42 Å². The molecular weight excluding hydrogens is 438 g/mol. The van der Waals surface area contributed by atoms with Crippen molar-refractivity contribution in [2.24, 2.45) is 5.73 Å². The van der Waals surface area contributed by atoms with Crippen LogP contribution in [0.2, 0.25) is 0 Å². The van der Waals surface area contributed by atoms with Gasteiger partial charge < -0.3 is 20.5 Å². The van der Waals surface area contributed by atoms with Gasteiger partial charge in [-0.3, -0.25) is 4.90 Å². The number of carbonyl (C=O) groups excluding carboxylic acids is 2. The first-order valence-electron chi connectivity index (χ1n) is 11.0. The highest BCUT2D eigenvalue weighted by Gasteiger charge is 2.40. The smallest absolute Gasteiger partial charge is 0.410 e. The second-order valence-electron chi connectivity index (χ2n) is 9.45. The molecule has 33 heavy (non-hydrogen) atoms. The second-order valence-corrected chi connectivity index (χ2v) is 9.92. The van der Waals surface area contributed by atoms with Crippen LogP contribution >= 0.6 is 12.2 Å². The number of nitrogens with two attached hydrogens (primary N) is 1. The number of nitrogens with zero attached hydrogens (tertiary/aromatic N) is 1. The first-order chi connectivity index (χ1) is 15.6. The Hall–Kier alpha value is -3.13. The van der Waals surface area contributed by atoms with Crippen LogP contribution in [0.15, 0.2) is 48.5 Å². The quantitative estimate of drug-likeness (QED) is 0.655. The Balaban J connectivity index is 1.39. The Labute approximate surface area is 199 Å². The average Bonchev–Trinajstić information content (AvgIpc) is 3.31. The Kier molecular flexibility index (Phi) is 6.30. The molecule has 1 aliphatic heterocycles. The van der Waals surface area contributed by atoms with Gasteiger partial charge in [-0.2, -0.15) is 0 Å². The van der Waals surface area contributed by atoms with E-state index in [1.54, 1.807) is 20.8 Å². The molecule has 1 fully saturated rings. The van der Waals surface area contributed by atoms with Gasteiger partial charge in [-0.15, -0.1) is 0 Å². The summed E-state index contributed by atoms with van der Waals surface area (Å²) in [6.45, 7) is 5.86. The normalized spacial score (nSPS) is 19.5. The molecule has 2 aromatic carbocycles. The molecule has 1 aliphatic carbocycles. The van der Waals surface area contributed by atoms with Gasteiger partial charge >= 0.3 is 12.2 Å². The molecule has 1 saturated heterocycles. The first kappa shape index (κ1) is 23.0. The molecule has 0 spiro atoms. The molecule has 0 bridgehead atoms. The van der Waals surface area contributed by atoms with E-state index in [2.05, 4.69) is 29.6 Å². The lowest BCUT2D eigenvalue weighted by atomic mass is 9.98. The minimum absolute atomic E-state index is 0.0191. The molecule has 8 heteroatoms. The SMILES string of the molecule is CC(C)(C)OC(=O)N1C[C@H](NC(=O)OCC2c3ccccc3-c3ccccc32)C[C@@H]1C(N)=S. The van der Waals surface area contributed by atoms with Crippen molar-refractivity contribution in [2.45, 2.75) is 50.8 Å². The van der Waals surface area contributed by atoms with Crippen molar-refractivity contribution < 1.29 is 19.1 Å². The Morgan fingerprint density at radius 2 is 1.67 bits per heavy atom. The number of amides is 2. The second kappa shape index (κ2) is 9.02. The number of rotatable bonds is 4. The summed E-state index contributed by atoms with van der Waals surface area (Å²) in [6.07, 6.45) is -0.620. The van der Waals surface area contributed by atoms with Crippen molar-refractivity contribution in [3.63, 3.8) is 0 Å². The molecule has 4 rings (SSSR count). The van der Waals surface area contributed by atoms with Crippen LogP contribution < -0.4 is 11.1 Å². The van der Waals surface area contributed by atoms with Crippen LogP contribution in [0.3, 0.4) is 0 Å². The summed E-state index contributed by atoms with van der Waals surface area (Å²) >= 11 is 5.14. The summed E-state index contributed by atoms with van der Waals surface area (Å²) < 4.78 is 11.1. The summed E-state index contributed by atoms with van der Waals surface area (Å²) in [5.74, 6) is -0.0191. The molecule has 1 heterocycles. The van der Waals surface area contributed by atoms with Gasteiger partial charge in [0.15, 0.2) is 0 Å². The molecule has 2 aliphatic rings. The van der Waals surface area contributed by atoms with Crippen molar-refractivity contribution in [3.8, 4) is 11.1 Å². The zero-order chi connectivity index (χ0) is 23.8. The molecule has 2 atom stereocenters. The maximum Gasteiger partial charge on any atom is 0.410 e. The monoisotopic (exact) mass is 467 g/mol. The summed E-state index contributed by atoms with van der Waals surface area (Å²) in [4.78, 5) is 26.9. The number of hydrogen-bond acceptors (Lipinski definition) is 5. The van der Waals surface area contributed by atoms with E-state index in [-0.39, 0.29) is 30.1 Å². The first-order valence-corrected chi connectivity index (χ1v) is 11.5. The number of likely N-dealkylation sites (tertiary alicyclic amines) is 1. The number of fused-ring (bicyclic) bond motifs is 3. The molecule has 0 unspecified atom stereocenters. The molecule has 0 radical (unpaired) electrons. The number of thiocarbonyl (C=S) groups is 1. The van der Waals surface area contributed by atoms with Crippen LogP contribution in [-0.4, -0.2) is 52.9 Å². The molecule has 174 valence electrons. The Morgan fingerprint density at radius 1 is 1.09 bits per heavy atom. The fraction of sp³-hybridized carbons (Fsp3) is 0.400. The van der Waals surface area contributed by atoms with Crippen molar-refractivity contribution >= 4 is 29.4 Å². The lowest BCUT2D eigenvalue weighted by Crippen LogP contribution is -2.45. The number of nitrogens with one attached hydrogen (secondary N) is 1. The zero-order valence-electron chi connectivity index (χ0n) is 19.0. The van der Waals surface area contributed by atoms with Gasteiger partial charge in [0.2, 0.25) is 0 Å². The van der Waals surface area contributed by atoms with Crippen LogP contribution in [0.1, 0.15) is 44.2 Å². The third kappa shape index (κ3) is 4.95. The van der Waals surface area contributed by atoms with Gasteiger partial charge in [-0.05, 0) is 49.4 Å². The van der Waals surface area contributed by atoms with Gasteiger partial charge in [0.05, 0.1) is 17.1 Å². The summed E-state index contributed by atoms with van der Waals surface area (Å²) in [5.41, 5.74) is 9.85. The predicted octanol–water partition coefficient (Wildman–Crippen LogP) is 4.19. The van der Waals surface area contributed by atoms with Crippen molar-refractivity contribution in [2.75, 3.05) is 13.2 Å². The van der Waals surface area contributed by atoms with E-state index >= 15 is 0 Å². The molecule has 2 amide bonds. The number of alkyl carbamates (subject to hydrolysis) is 1. The minimum Gasteiger partial charge on any atom is -0.449 e. The molecule has 0 saturated carbocycles. The van der Waals surface area contributed by atoms with Crippen molar-refractivity contribution in [3.05, 3.63) is 59.7 Å². The fourth-order valence-corrected chi connectivity index (χ4v) is 4.76.